The summed E-state index contributed by atoms with van der Waals surface area (Å²) in [7, 11) is -4.16. The molecule has 0 spiro atoms. The molecule has 0 saturated heterocycles. The Kier molecular flexibility index (Phi) is 3.90. The second-order valence-corrected chi connectivity index (χ2v) is 7.03. The summed E-state index contributed by atoms with van der Waals surface area (Å²) in [5.41, 5.74) is 1.87. The molecule has 7 heteroatoms. The van der Waals surface area contributed by atoms with Crippen LogP contribution in [-0.2, 0) is 17.3 Å². The highest BCUT2D eigenvalue weighted by molar-refractivity contribution is 7.50. The molecule has 1 heterocycles. The highest BCUT2D eigenvalue weighted by Crippen LogP contribution is 2.39. The third-order valence-electron chi connectivity index (χ3n) is 3.60. The Morgan fingerprint density at radius 2 is 1.43 bits per heavy atom. The van der Waals surface area contributed by atoms with E-state index in [1.165, 1.54) is 0 Å². The van der Waals surface area contributed by atoms with Crippen LogP contribution in [0.5, 0.6) is 0 Å². The minimum Gasteiger partial charge on any atom is -0.324 e. The molecule has 118 valence electrons. The second kappa shape index (κ2) is 5.74. The maximum absolute atomic E-state index is 12.3. The monoisotopic (exact) mass is 331 g/mol. The summed E-state index contributed by atoms with van der Waals surface area (Å²) in [4.78, 5) is 43.8. The molecule has 3 rings (SSSR count). The van der Waals surface area contributed by atoms with Crippen LogP contribution >= 0.6 is 7.60 Å². The zero-order chi connectivity index (χ0) is 16.6. The molecule has 2 aromatic rings. The lowest BCUT2D eigenvalue weighted by Crippen LogP contribution is -2.29. The van der Waals surface area contributed by atoms with E-state index in [9.17, 15) is 14.2 Å². The molecule has 0 saturated carbocycles. The van der Waals surface area contributed by atoms with Gasteiger partial charge in [-0.05, 0) is 23.3 Å². The SMILES string of the molecule is O=C1c2ccccc2C(=O)N1Cc1cccc(CP(=O)(O)O)c1. The number of fused-ring (bicyclic) bond motifs is 1. The highest BCUT2D eigenvalue weighted by Gasteiger charge is 2.34. The van der Waals surface area contributed by atoms with Crippen molar-refractivity contribution in [3.63, 3.8) is 0 Å². The zero-order valence-corrected chi connectivity index (χ0v) is 12.9. The average molecular weight is 331 g/mol. The summed E-state index contributed by atoms with van der Waals surface area (Å²) >= 11 is 0. The minimum atomic E-state index is -4.16. The van der Waals surface area contributed by atoms with Gasteiger partial charge < -0.3 is 9.79 Å². The van der Waals surface area contributed by atoms with E-state index in [4.69, 9.17) is 9.79 Å². The van der Waals surface area contributed by atoms with E-state index in [0.29, 0.717) is 22.3 Å². The number of hydrogen-bond acceptors (Lipinski definition) is 3. The van der Waals surface area contributed by atoms with Crippen molar-refractivity contribution in [2.75, 3.05) is 0 Å². The predicted molar refractivity (Wildman–Crippen MR) is 82.8 cm³/mol. The van der Waals surface area contributed by atoms with Crippen LogP contribution in [0.25, 0.3) is 0 Å². The number of hydrogen-bond donors (Lipinski definition) is 2. The average Bonchev–Trinajstić information content (AvgIpc) is 2.72. The van der Waals surface area contributed by atoms with Crippen LogP contribution in [0.1, 0.15) is 31.8 Å². The van der Waals surface area contributed by atoms with E-state index in [2.05, 4.69) is 0 Å². The maximum Gasteiger partial charge on any atom is 0.329 e. The van der Waals surface area contributed by atoms with Gasteiger partial charge in [0, 0.05) is 0 Å². The number of carbonyl (C=O) groups excluding carboxylic acids is 2. The summed E-state index contributed by atoms with van der Waals surface area (Å²) in [6.45, 7) is 0.0708. The first-order chi connectivity index (χ1) is 10.8. The van der Waals surface area contributed by atoms with Crippen LogP contribution < -0.4 is 0 Å². The number of carbonyl (C=O) groups is 2. The number of nitrogens with zero attached hydrogens (tertiary/aromatic N) is 1. The Morgan fingerprint density at radius 3 is 2.00 bits per heavy atom. The van der Waals surface area contributed by atoms with Crippen LogP contribution in [-0.4, -0.2) is 26.5 Å². The molecule has 23 heavy (non-hydrogen) atoms. The fraction of sp³-hybridized carbons (Fsp3) is 0.125. The largest absolute Gasteiger partial charge is 0.329 e. The van der Waals surface area contributed by atoms with Gasteiger partial charge >= 0.3 is 7.60 Å². The Balaban J connectivity index is 1.84. The Labute approximate surface area is 132 Å². The fourth-order valence-corrected chi connectivity index (χ4v) is 3.30. The highest BCUT2D eigenvalue weighted by atomic mass is 31.2. The van der Waals surface area contributed by atoms with Crippen molar-refractivity contribution in [1.82, 2.24) is 4.90 Å². The molecule has 0 unspecified atom stereocenters. The Bertz CT molecular complexity index is 807. The van der Waals surface area contributed by atoms with Crippen LogP contribution in [0.2, 0.25) is 0 Å². The third-order valence-corrected chi connectivity index (χ3v) is 4.38. The molecule has 2 N–H and O–H groups in total. The summed E-state index contributed by atoms with van der Waals surface area (Å²) in [6.07, 6.45) is -0.372. The van der Waals surface area contributed by atoms with Gasteiger partial charge in [0.15, 0.2) is 0 Å². The maximum atomic E-state index is 12.3. The van der Waals surface area contributed by atoms with Gasteiger partial charge in [-0.25, -0.2) is 0 Å². The van der Waals surface area contributed by atoms with E-state index in [0.717, 1.165) is 4.90 Å². The van der Waals surface area contributed by atoms with Crippen molar-refractivity contribution < 1.29 is 23.9 Å². The lowest BCUT2D eigenvalue weighted by atomic mass is 10.1. The van der Waals surface area contributed by atoms with Crippen LogP contribution in [0.3, 0.4) is 0 Å². The molecular weight excluding hydrogens is 317 g/mol. The first-order valence-electron chi connectivity index (χ1n) is 6.93. The van der Waals surface area contributed by atoms with Gasteiger partial charge in [0.1, 0.15) is 0 Å². The minimum absolute atomic E-state index is 0.0708. The van der Waals surface area contributed by atoms with Crippen molar-refractivity contribution in [2.45, 2.75) is 12.7 Å². The number of imide groups is 1. The molecule has 1 aliphatic rings. The quantitative estimate of drug-likeness (QED) is 0.661. The normalized spacial score (nSPS) is 14.3. The topological polar surface area (TPSA) is 94.9 Å². The summed E-state index contributed by atoms with van der Waals surface area (Å²) in [5.74, 6) is -0.711. The zero-order valence-electron chi connectivity index (χ0n) is 12.0. The van der Waals surface area contributed by atoms with E-state index in [1.54, 1.807) is 48.5 Å². The lowest BCUT2D eigenvalue weighted by Gasteiger charge is -2.14. The van der Waals surface area contributed by atoms with E-state index in [-0.39, 0.29) is 24.5 Å². The van der Waals surface area contributed by atoms with Crippen molar-refractivity contribution in [3.05, 3.63) is 70.8 Å². The van der Waals surface area contributed by atoms with Crippen molar-refractivity contribution in [1.29, 1.82) is 0 Å². The Hall–Kier alpha value is -2.27. The molecule has 0 fully saturated rings. The van der Waals surface area contributed by atoms with Gasteiger partial charge in [-0.2, -0.15) is 0 Å². The molecule has 0 aliphatic carbocycles. The molecule has 2 aromatic carbocycles. The third kappa shape index (κ3) is 3.24. The first-order valence-corrected chi connectivity index (χ1v) is 8.72. The van der Waals surface area contributed by atoms with Gasteiger partial charge in [0.2, 0.25) is 0 Å². The van der Waals surface area contributed by atoms with Crippen molar-refractivity contribution in [3.8, 4) is 0 Å². The van der Waals surface area contributed by atoms with Crippen molar-refractivity contribution >= 4 is 19.4 Å². The molecular formula is C16H14NO5P. The summed E-state index contributed by atoms with van der Waals surface area (Å²) in [5, 5.41) is 0. The molecule has 0 radical (unpaired) electrons. The molecule has 1 aliphatic heterocycles. The molecule has 0 atom stereocenters. The van der Waals surface area contributed by atoms with Crippen LogP contribution in [0.15, 0.2) is 48.5 Å². The number of amides is 2. The number of benzene rings is 2. The summed E-state index contributed by atoms with van der Waals surface area (Å²) < 4.78 is 11.1. The molecule has 0 bridgehead atoms. The van der Waals surface area contributed by atoms with E-state index >= 15 is 0 Å². The van der Waals surface area contributed by atoms with Gasteiger partial charge in [-0.15, -0.1) is 0 Å². The second-order valence-electron chi connectivity index (χ2n) is 5.38. The number of rotatable bonds is 4. The molecule has 2 amide bonds. The van der Waals surface area contributed by atoms with Gasteiger partial charge in [-0.1, -0.05) is 36.4 Å². The fourth-order valence-electron chi connectivity index (χ4n) is 2.63. The molecule has 6 nitrogen and oxygen atoms in total. The van der Waals surface area contributed by atoms with E-state index in [1.807, 2.05) is 0 Å². The molecule has 0 aromatic heterocycles. The van der Waals surface area contributed by atoms with Crippen LogP contribution in [0.4, 0.5) is 0 Å². The van der Waals surface area contributed by atoms with Gasteiger partial charge in [0.05, 0.1) is 23.8 Å². The first kappa shape index (κ1) is 15.6. The van der Waals surface area contributed by atoms with Gasteiger partial charge in [0.25, 0.3) is 11.8 Å². The van der Waals surface area contributed by atoms with E-state index < -0.39 is 7.60 Å². The summed E-state index contributed by atoms with van der Waals surface area (Å²) in [6, 6.07) is 13.2. The van der Waals surface area contributed by atoms with Crippen LogP contribution in [0, 0.1) is 0 Å². The standard InChI is InChI=1S/C16H14NO5P/c18-15-13-6-1-2-7-14(13)16(19)17(15)9-11-4-3-5-12(8-11)10-23(20,21)22/h1-8H,9-10H2,(H2,20,21,22). The lowest BCUT2D eigenvalue weighted by molar-refractivity contribution is 0.0642. The Morgan fingerprint density at radius 1 is 0.870 bits per heavy atom. The van der Waals surface area contributed by atoms with Gasteiger partial charge in [-0.3, -0.25) is 19.1 Å². The smallest absolute Gasteiger partial charge is 0.324 e. The predicted octanol–water partition coefficient (Wildman–Crippen LogP) is 2.16. The van der Waals surface area contributed by atoms with Crippen molar-refractivity contribution in [2.24, 2.45) is 0 Å².